The van der Waals surface area contributed by atoms with Crippen molar-refractivity contribution in [2.75, 3.05) is 16.0 Å². The Morgan fingerprint density at radius 1 is 0.474 bits per heavy atom. The molecule has 29 nitrogen and oxygen atoms in total. The van der Waals surface area contributed by atoms with Crippen LogP contribution in [0.2, 0.25) is 5.02 Å². The van der Waals surface area contributed by atoms with Crippen LogP contribution >= 0.6 is 11.6 Å². The van der Waals surface area contributed by atoms with E-state index in [-0.39, 0.29) is 125 Å². The fraction of sp³-hybridized carbons (Fsp3) is 0.294. The molecule has 0 saturated carbocycles. The van der Waals surface area contributed by atoms with Crippen LogP contribution in [0.15, 0.2) is 100 Å². The highest BCUT2D eigenvalue weighted by Gasteiger charge is 2.59. The van der Waals surface area contributed by atoms with Gasteiger partial charge in [0.15, 0.2) is 34.4 Å². The predicted octanol–water partition coefficient (Wildman–Crippen LogP) is 9.97. The third kappa shape index (κ3) is 13.9. The third-order valence-corrected chi connectivity index (χ3v) is 19.1. The smallest absolute Gasteiger partial charge is 0.309 e. The summed E-state index contributed by atoms with van der Waals surface area (Å²) in [5.74, 6) is -15.8. The lowest BCUT2D eigenvalue weighted by Crippen LogP contribution is -2.37. The van der Waals surface area contributed by atoms with Crippen molar-refractivity contribution in [3.05, 3.63) is 196 Å². The average Bonchev–Trinajstić information content (AvgIpc) is 1.57. The molecular weight excluding hydrogens is 1570 g/mol. The second kappa shape index (κ2) is 28.0. The fourth-order valence-electron chi connectivity index (χ4n) is 12.5. The third-order valence-electron chi connectivity index (χ3n) is 18.8. The molecule has 12 aromatic rings. The van der Waals surface area contributed by atoms with Crippen LogP contribution in [0.25, 0.3) is 51.5 Å². The van der Waals surface area contributed by atoms with Gasteiger partial charge in [0.1, 0.15) is 75.1 Å². The summed E-state index contributed by atoms with van der Waals surface area (Å²) in [6, 6.07) is 10.1. The molecule has 114 heavy (non-hydrogen) atoms. The number of anilines is 3. The van der Waals surface area contributed by atoms with Gasteiger partial charge in [-0.1, -0.05) is 29.7 Å². The van der Waals surface area contributed by atoms with Crippen LogP contribution in [0.4, 0.5) is 87.7 Å². The number of halogens is 17. The largest absolute Gasteiger partial charge is 0.453 e. The number of alkyl halides is 15. The first-order chi connectivity index (χ1) is 53.3. The number of nitrogens with one attached hydrogen (secondary N) is 6. The van der Waals surface area contributed by atoms with Crippen LogP contribution in [-0.2, 0) is 49.9 Å². The first-order valence-corrected chi connectivity index (χ1v) is 33.3. The summed E-state index contributed by atoms with van der Waals surface area (Å²) in [7, 11) is 0. The van der Waals surface area contributed by atoms with Crippen molar-refractivity contribution in [1.29, 1.82) is 0 Å². The summed E-state index contributed by atoms with van der Waals surface area (Å²) in [6.45, 7) is 7.71. The van der Waals surface area contributed by atoms with Gasteiger partial charge >= 0.3 is 36.3 Å². The Hall–Kier alpha value is -13.1. The van der Waals surface area contributed by atoms with E-state index in [2.05, 4.69) is 107 Å². The normalized spacial score (nSPS) is 17.5. The number of fused-ring (bicyclic) bond motifs is 6. The molecule has 0 radical (unpaired) electrons. The molecule has 0 bridgehead atoms. The minimum atomic E-state index is -5.75. The maximum atomic E-state index is 14.2. The van der Waals surface area contributed by atoms with Gasteiger partial charge in [0.05, 0.1) is 68.8 Å². The summed E-state index contributed by atoms with van der Waals surface area (Å²) in [6.07, 6.45) is -10.2. The number of carbonyl (C=O) groups excluding carboxylic acids is 3. The minimum Gasteiger partial charge on any atom is -0.309 e. The van der Waals surface area contributed by atoms with Crippen molar-refractivity contribution in [3.8, 4) is 46.9 Å². The van der Waals surface area contributed by atoms with Gasteiger partial charge in [-0.25, -0.2) is 62.8 Å². The van der Waals surface area contributed by atoms with Crippen molar-refractivity contribution >= 4 is 63.7 Å². The molecule has 3 aliphatic rings. The predicted molar refractivity (Wildman–Crippen MR) is 364 cm³/mol. The molecule has 0 spiro atoms. The summed E-state index contributed by atoms with van der Waals surface area (Å²) < 4.78 is 213. The number of aromatic nitrogens is 20. The van der Waals surface area contributed by atoms with E-state index in [1.807, 2.05) is 6.92 Å². The Morgan fingerprint density at radius 3 is 1.24 bits per heavy atom. The SMILES string of the molecule is C#Cc1ccc(C2(C)C(=O)Nc3nc(-c4cn5ncnc5c(CCC(F)(F)C(F)(F)F)n4)[nH]c(=O)c32)nc1.Cc1ccc(C2(C)C(=O)Nc3nc(-c4cn5ncnc5c(CCC(F)(F)C(F)(F)F)n4)[nH]c(=O)c32)nc1.Cc1nc2c(CCC(F)(F)C(F)(F)F)nc(-c3nc4c(c(=O)[nH]3)C(C)(c3ccc(Cl)c(F)c3)C(=O)N4)cn2n1. The molecule has 15 rings (SSSR count). The number of terminal acetylenes is 1. The molecule has 0 saturated heterocycles. The van der Waals surface area contributed by atoms with Crippen LogP contribution < -0.4 is 32.6 Å². The van der Waals surface area contributed by atoms with E-state index in [1.165, 1.54) is 70.7 Å². The number of pyridine rings is 2. The molecule has 3 amide bonds. The Labute approximate surface area is 629 Å². The maximum Gasteiger partial charge on any atom is 0.453 e. The number of benzene rings is 1. The zero-order valence-electron chi connectivity index (χ0n) is 58.4. The lowest BCUT2D eigenvalue weighted by molar-refractivity contribution is -0.284. The van der Waals surface area contributed by atoms with Gasteiger partial charge in [-0.2, -0.15) is 81.2 Å². The number of rotatable bonds is 15. The first-order valence-electron chi connectivity index (χ1n) is 32.9. The maximum absolute atomic E-state index is 14.2. The molecule has 590 valence electrons. The Morgan fingerprint density at radius 2 is 0.860 bits per heavy atom. The van der Waals surface area contributed by atoms with E-state index in [0.29, 0.717) is 11.3 Å². The number of H-pyrrole nitrogens is 3. The van der Waals surface area contributed by atoms with Gasteiger partial charge in [-0.15, -0.1) is 6.42 Å². The molecule has 3 aliphatic heterocycles. The summed E-state index contributed by atoms with van der Waals surface area (Å²) in [5.41, 5.74) is -6.06. The molecule has 6 N–H and O–H groups in total. The van der Waals surface area contributed by atoms with E-state index in [9.17, 15) is 99.0 Å². The van der Waals surface area contributed by atoms with Crippen molar-refractivity contribution in [3.63, 3.8) is 0 Å². The molecule has 3 atom stereocenters. The second-order valence-corrected chi connectivity index (χ2v) is 26.8. The summed E-state index contributed by atoms with van der Waals surface area (Å²) >= 11 is 5.74. The van der Waals surface area contributed by atoms with Crippen LogP contribution in [0.3, 0.4) is 0 Å². The summed E-state index contributed by atoms with van der Waals surface area (Å²) in [4.78, 5) is 131. The molecule has 11 aromatic heterocycles. The first kappa shape index (κ1) is 79.0. The topological polar surface area (TPSA) is 380 Å². The molecule has 14 heterocycles. The molecule has 3 unspecified atom stereocenters. The van der Waals surface area contributed by atoms with Crippen molar-refractivity contribution in [1.82, 2.24) is 98.6 Å². The molecule has 0 fully saturated rings. The second-order valence-electron chi connectivity index (χ2n) is 26.4. The van der Waals surface area contributed by atoms with Gasteiger partial charge < -0.3 is 30.9 Å². The van der Waals surface area contributed by atoms with E-state index in [1.54, 1.807) is 24.4 Å². The van der Waals surface area contributed by atoms with E-state index in [4.69, 9.17) is 18.0 Å². The van der Waals surface area contributed by atoms with E-state index in [0.717, 1.165) is 37.8 Å². The highest BCUT2D eigenvalue weighted by atomic mass is 35.5. The van der Waals surface area contributed by atoms with E-state index >= 15 is 0 Å². The number of hydrogen-bond donors (Lipinski definition) is 6. The lowest BCUT2D eigenvalue weighted by atomic mass is 9.78. The highest BCUT2D eigenvalue weighted by molar-refractivity contribution is 6.30. The van der Waals surface area contributed by atoms with Gasteiger partial charge in [0, 0.05) is 37.2 Å². The molecule has 0 aliphatic carbocycles. The van der Waals surface area contributed by atoms with Crippen molar-refractivity contribution < 1.29 is 84.6 Å². The average molecular weight is 1620 g/mol. The van der Waals surface area contributed by atoms with Crippen molar-refractivity contribution in [2.24, 2.45) is 0 Å². The van der Waals surface area contributed by atoms with Gasteiger partial charge in [0.25, 0.3) is 16.7 Å². The van der Waals surface area contributed by atoms with Crippen LogP contribution in [0.1, 0.15) is 108 Å². The van der Waals surface area contributed by atoms with Gasteiger partial charge in [-0.3, -0.25) is 38.7 Å². The Balaban J connectivity index is 0.000000149. The standard InChI is InChI=1S/C23H16ClF6N7O2.C23H15F5N8O2.C22H17F5N8O2/c1-9-31-18-13(5-6-22(26,27)23(28,29)30)32-14(8-37(18)36-9)16-33-17-15(19(38)34-16)21(2,20(39)35-17)10-3-4-11(24)12(25)7-10;1-3-11-4-5-14(29-8-11)21(2)15-17(35-20(21)38)33-16(34-19(15)37)13-9-36-18(30-10-31-36)12(32-13)6-7-22(24,25)23(26,27)28;1-10-3-4-13(28-7-10)20(2)14-16(34-19(20)37)32-15(33-18(14)36)12-8-35-17(29-9-30-35)11(31-12)5-6-21(23,24)22(25,26)27/h3-4,7-8H,5-6H2,1-2H3,(H2,33,34,35,38,39);1,4-5,8-10H,6-7H2,2H3,(H2,33,34,35,37,38);3-4,7-9H,5-6H2,1-2H3,(H2,32,33,34,36,37). The lowest BCUT2D eigenvalue weighted by Gasteiger charge is -2.22. The fourth-order valence-corrected chi connectivity index (χ4v) is 12.6. The van der Waals surface area contributed by atoms with E-state index < -0.39 is 131 Å². The zero-order valence-corrected chi connectivity index (χ0v) is 59.1. The monoisotopic (exact) mass is 1620 g/mol. The molecular formula is C68H48ClF16N23O6. The minimum absolute atomic E-state index is 0.0180. The van der Waals surface area contributed by atoms with Crippen molar-refractivity contribution in [2.45, 2.75) is 126 Å². The number of amides is 3. The van der Waals surface area contributed by atoms with Gasteiger partial charge in [-0.05, 0) is 95.3 Å². The number of aromatic amines is 3. The Kier molecular flexibility index (Phi) is 19.4. The molecule has 1 aromatic carbocycles. The van der Waals surface area contributed by atoms with Crippen LogP contribution in [0.5, 0.6) is 0 Å². The number of aryl methyl sites for hydroxylation is 5. The number of hydrogen-bond acceptors (Lipinski definition) is 20. The number of nitrogens with zero attached hydrogens (tertiary/aromatic N) is 17. The number of carbonyl (C=O) groups is 3. The quantitative estimate of drug-likeness (QED) is 0.0410. The van der Waals surface area contributed by atoms with Crippen LogP contribution in [-0.4, -0.2) is 153 Å². The summed E-state index contributed by atoms with van der Waals surface area (Å²) in [5, 5.41) is 19.2. The molecule has 46 heteroatoms. The highest BCUT2D eigenvalue weighted by Crippen LogP contribution is 2.46. The Bertz CT molecular complexity index is 6180. The zero-order chi connectivity index (χ0) is 82.7. The van der Waals surface area contributed by atoms with Crippen LogP contribution in [0, 0.1) is 32.0 Å². The van der Waals surface area contributed by atoms with Gasteiger partial charge in [0.2, 0.25) is 17.7 Å².